The number of nitrogens with two attached hydrogens (primary N) is 1. The highest BCUT2D eigenvalue weighted by Gasteiger charge is 2.01. The van der Waals surface area contributed by atoms with E-state index in [1.807, 2.05) is 18.2 Å². The van der Waals surface area contributed by atoms with E-state index >= 15 is 0 Å². The van der Waals surface area contributed by atoms with E-state index in [-0.39, 0.29) is 0 Å². The number of hydrogen-bond donors (Lipinski definition) is 2. The third kappa shape index (κ3) is 2.84. The lowest BCUT2D eigenvalue weighted by atomic mass is 10.2. The maximum atomic E-state index is 5.73. The van der Waals surface area contributed by atoms with Crippen molar-refractivity contribution in [3.8, 4) is 5.75 Å². The SMILES string of the molecule is COc1cc(NCc2ccncn2)ccc1N. The number of methoxy groups -OCH3 is 1. The van der Waals surface area contributed by atoms with E-state index in [9.17, 15) is 0 Å². The van der Waals surface area contributed by atoms with Crippen LogP contribution in [0.15, 0.2) is 36.8 Å². The molecule has 0 amide bonds. The third-order valence-electron chi connectivity index (χ3n) is 2.35. The summed E-state index contributed by atoms with van der Waals surface area (Å²) in [4.78, 5) is 7.99. The Labute approximate surface area is 99.7 Å². The van der Waals surface area contributed by atoms with E-state index in [0.717, 1.165) is 11.4 Å². The van der Waals surface area contributed by atoms with Gasteiger partial charge in [-0.05, 0) is 18.2 Å². The van der Waals surface area contributed by atoms with Crippen LogP contribution in [-0.4, -0.2) is 17.1 Å². The van der Waals surface area contributed by atoms with E-state index in [4.69, 9.17) is 10.5 Å². The molecule has 5 nitrogen and oxygen atoms in total. The Morgan fingerprint density at radius 2 is 2.24 bits per heavy atom. The molecule has 3 N–H and O–H groups in total. The van der Waals surface area contributed by atoms with Crippen LogP contribution in [0.3, 0.4) is 0 Å². The smallest absolute Gasteiger partial charge is 0.143 e. The molecule has 0 spiro atoms. The van der Waals surface area contributed by atoms with Gasteiger partial charge < -0.3 is 15.8 Å². The molecule has 17 heavy (non-hydrogen) atoms. The molecule has 0 fully saturated rings. The number of hydrogen-bond acceptors (Lipinski definition) is 5. The van der Waals surface area contributed by atoms with Crippen LogP contribution >= 0.6 is 0 Å². The van der Waals surface area contributed by atoms with Gasteiger partial charge in [-0.2, -0.15) is 0 Å². The second kappa shape index (κ2) is 5.16. The Bertz CT molecular complexity index is 487. The Morgan fingerprint density at radius 3 is 2.94 bits per heavy atom. The van der Waals surface area contributed by atoms with Gasteiger partial charge in [0.1, 0.15) is 12.1 Å². The van der Waals surface area contributed by atoms with Crippen LogP contribution in [0.4, 0.5) is 11.4 Å². The fraction of sp³-hybridized carbons (Fsp3) is 0.167. The Balaban J connectivity index is 2.04. The van der Waals surface area contributed by atoms with Gasteiger partial charge in [0.15, 0.2) is 0 Å². The summed E-state index contributed by atoms with van der Waals surface area (Å²) in [6.45, 7) is 0.635. The molecular weight excluding hydrogens is 216 g/mol. The largest absolute Gasteiger partial charge is 0.495 e. The average Bonchev–Trinajstić information content (AvgIpc) is 2.39. The molecule has 0 atom stereocenters. The number of aromatic nitrogens is 2. The van der Waals surface area contributed by atoms with Crippen molar-refractivity contribution in [2.24, 2.45) is 0 Å². The first kappa shape index (κ1) is 11.2. The first-order valence-corrected chi connectivity index (χ1v) is 5.22. The second-order valence-electron chi connectivity index (χ2n) is 3.51. The summed E-state index contributed by atoms with van der Waals surface area (Å²) in [7, 11) is 1.60. The van der Waals surface area contributed by atoms with Gasteiger partial charge in [0.05, 0.1) is 25.0 Å². The topological polar surface area (TPSA) is 73.1 Å². The Morgan fingerprint density at radius 1 is 1.35 bits per heavy atom. The van der Waals surface area contributed by atoms with Crippen LogP contribution in [0.1, 0.15) is 5.69 Å². The molecule has 0 saturated carbocycles. The van der Waals surface area contributed by atoms with Crippen LogP contribution in [-0.2, 0) is 6.54 Å². The second-order valence-corrected chi connectivity index (χ2v) is 3.51. The number of ether oxygens (including phenoxy) is 1. The Hall–Kier alpha value is -2.30. The van der Waals surface area contributed by atoms with Crippen molar-refractivity contribution in [3.63, 3.8) is 0 Å². The summed E-state index contributed by atoms with van der Waals surface area (Å²) in [5.74, 6) is 0.665. The summed E-state index contributed by atoms with van der Waals surface area (Å²) >= 11 is 0. The van der Waals surface area contributed by atoms with Crippen LogP contribution in [0, 0.1) is 0 Å². The number of nitrogens with one attached hydrogen (secondary N) is 1. The van der Waals surface area contributed by atoms with E-state index < -0.39 is 0 Å². The van der Waals surface area contributed by atoms with Crippen molar-refractivity contribution in [1.82, 2.24) is 9.97 Å². The summed E-state index contributed by atoms with van der Waals surface area (Å²) in [6.07, 6.45) is 3.24. The monoisotopic (exact) mass is 230 g/mol. The maximum absolute atomic E-state index is 5.73. The zero-order valence-electron chi connectivity index (χ0n) is 9.55. The van der Waals surface area contributed by atoms with Gasteiger partial charge in [-0.25, -0.2) is 9.97 Å². The summed E-state index contributed by atoms with van der Waals surface area (Å²) < 4.78 is 5.15. The van der Waals surface area contributed by atoms with Crippen LogP contribution in [0.5, 0.6) is 5.75 Å². The number of nitrogen functional groups attached to an aromatic ring is 1. The molecule has 0 bridgehead atoms. The molecule has 2 rings (SSSR count). The van der Waals surface area contributed by atoms with Crippen molar-refractivity contribution in [2.45, 2.75) is 6.54 Å². The fourth-order valence-electron chi connectivity index (χ4n) is 1.44. The van der Waals surface area contributed by atoms with Crippen molar-refractivity contribution in [1.29, 1.82) is 0 Å². The molecule has 0 saturated heterocycles. The maximum Gasteiger partial charge on any atom is 0.143 e. The quantitative estimate of drug-likeness (QED) is 0.782. The van der Waals surface area contributed by atoms with Crippen molar-refractivity contribution in [2.75, 3.05) is 18.2 Å². The molecule has 0 unspecified atom stereocenters. The molecule has 0 radical (unpaired) electrons. The van der Waals surface area contributed by atoms with Crippen molar-refractivity contribution in [3.05, 3.63) is 42.5 Å². The van der Waals surface area contributed by atoms with Crippen LogP contribution in [0.2, 0.25) is 0 Å². The van der Waals surface area contributed by atoms with Gasteiger partial charge in [-0.3, -0.25) is 0 Å². The highest BCUT2D eigenvalue weighted by Crippen LogP contribution is 2.25. The molecule has 5 heteroatoms. The molecule has 1 aromatic heterocycles. The number of benzene rings is 1. The molecule has 88 valence electrons. The van der Waals surface area contributed by atoms with Crippen LogP contribution < -0.4 is 15.8 Å². The van der Waals surface area contributed by atoms with Gasteiger partial charge >= 0.3 is 0 Å². The highest BCUT2D eigenvalue weighted by atomic mass is 16.5. The van der Waals surface area contributed by atoms with Gasteiger partial charge in [0.25, 0.3) is 0 Å². The number of nitrogens with zero attached hydrogens (tertiary/aromatic N) is 2. The van der Waals surface area contributed by atoms with E-state index in [1.165, 1.54) is 6.33 Å². The third-order valence-corrected chi connectivity index (χ3v) is 2.35. The minimum Gasteiger partial charge on any atom is -0.495 e. The molecule has 0 aliphatic carbocycles. The number of rotatable bonds is 4. The first-order valence-electron chi connectivity index (χ1n) is 5.22. The average molecular weight is 230 g/mol. The zero-order chi connectivity index (χ0) is 12.1. The summed E-state index contributed by atoms with van der Waals surface area (Å²) in [6, 6.07) is 7.43. The summed E-state index contributed by atoms with van der Waals surface area (Å²) in [5.41, 5.74) is 8.23. The van der Waals surface area contributed by atoms with Gasteiger partial charge in [-0.15, -0.1) is 0 Å². The van der Waals surface area contributed by atoms with E-state index in [0.29, 0.717) is 18.0 Å². The van der Waals surface area contributed by atoms with Gasteiger partial charge in [0, 0.05) is 18.0 Å². The molecule has 1 heterocycles. The normalized spacial score (nSPS) is 9.94. The fourth-order valence-corrected chi connectivity index (χ4v) is 1.44. The molecular formula is C12H14N4O. The minimum atomic E-state index is 0.625. The zero-order valence-corrected chi connectivity index (χ0v) is 9.55. The van der Waals surface area contributed by atoms with Crippen molar-refractivity contribution >= 4 is 11.4 Å². The van der Waals surface area contributed by atoms with Gasteiger partial charge in [0.2, 0.25) is 0 Å². The Kier molecular flexibility index (Phi) is 3.40. The van der Waals surface area contributed by atoms with Crippen molar-refractivity contribution < 1.29 is 4.74 Å². The lowest BCUT2D eigenvalue weighted by Gasteiger charge is -2.09. The lowest BCUT2D eigenvalue weighted by Crippen LogP contribution is -2.02. The predicted octanol–water partition coefficient (Wildman–Crippen LogP) is 1.68. The molecule has 0 aliphatic heterocycles. The highest BCUT2D eigenvalue weighted by molar-refractivity contribution is 5.61. The lowest BCUT2D eigenvalue weighted by molar-refractivity contribution is 0.417. The van der Waals surface area contributed by atoms with E-state index in [2.05, 4.69) is 15.3 Å². The number of anilines is 2. The standard InChI is InChI=1S/C12H14N4O/c1-17-12-6-9(2-3-11(12)13)15-7-10-4-5-14-8-16-10/h2-6,8,15H,7,13H2,1H3. The van der Waals surface area contributed by atoms with E-state index in [1.54, 1.807) is 19.4 Å². The molecule has 0 aliphatic rings. The predicted molar refractivity (Wildman–Crippen MR) is 66.8 cm³/mol. The van der Waals surface area contributed by atoms with Crippen LogP contribution in [0.25, 0.3) is 0 Å². The van der Waals surface area contributed by atoms with Gasteiger partial charge in [-0.1, -0.05) is 0 Å². The first-order chi connectivity index (χ1) is 8.29. The summed E-state index contributed by atoms with van der Waals surface area (Å²) in [5, 5.41) is 3.24. The molecule has 1 aromatic carbocycles. The minimum absolute atomic E-state index is 0.625. The molecule has 2 aromatic rings.